The number of rotatable bonds is 4. The highest BCUT2D eigenvalue weighted by Crippen LogP contribution is 2.23. The van der Waals surface area contributed by atoms with E-state index in [1.807, 2.05) is 0 Å². The lowest BCUT2D eigenvalue weighted by atomic mass is 10.2. The van der Waals surface area contributed by atoms with Gasteiger partial charge in [-0.25, -0.2) is 9.78 Å². The van der Waals surface area contributed by atoms with Crippen LogP contribution in [0.15, 0.2) is 12.3 Å². The second-order valence-electron chi connectivity index (χ2n) is 5.60. The maximum atomic E-state index is 11.2. The highest BCUT2D eigenvalue weighted by Gasteiger charge is 2.32. The second-order valence-corrected chi connectivity index (χ2v) is 5.60. The SMILES string of the molecule is Nc1cnc(NCC2CN3CCCC3CO2)c(C(=O)O)c1. The lowest BCUT2D eigenvalue weighted by Gasteiger charge is -2.35. The molecule has 7 nitrogen and oxygen atoms in total. The standard InChI is InChI=1S/C14H20N4O3/c15-9-4-12(14(19)20)13(16-5-9)17-6-11-7-18-3-1-2-10(18)8-21-11/h4-5,10-11H,1-3,6-8,15H2,(H,16,17)(H,19,20). The van der Waals surface area contributed by atoms with Crippen molar-refractivity contribution in [3.05, 3.63) is 17.8 Å². The van der Waals surface area contributed by atoms with Gasteiger partial charge < -0.3 is 20.9 Å². The molecule has 2 fully saturated rings. The van der Waals surface area contributed by atoms with Crippen LogP contribution < -0.4 is 11.1 Å². The third-order valence-corrected chi connectivity index (χ3v) is 4.10. The van der Waals surface area contributed by atoms with E-state index >= 15 is 0 Å². The van der Waals surface area contributed by atoms with E-state index in [1.165, 1.54) is 25.1 Å². The van der Waals surface area contributed by atoms with Crippen molar-refractivity contribution in [2.45, 2.75) is 25.0 Å². The molecular formula is C14H20N4O3. The summed E-state index contributed by atoms with van der Waals surface area (Å²) in [5, 5.41) is 12.2. The number of hydrogen-bond acceptors (Lipinski definition) is 6. The third kappa shape index (κ3) is 3.08. The van der Waals surface area contributed by atoms with E-state index in [0.29, 0.717) is 24.1 Å². The molecule has 0 aromatic carbocycles. The van der Waals surface area contributed by atoms with Crippen LogP contribution in [-0.2, 0) is 4.74 Å². The molecule has 2 saturated heterocycles. The highest BCUT2D eigenvalue weighted by molar-refractivity contribution is 5.94. The molecule has 0 aliphatic carbocycles. The van der Waals surface area contributed by atoms with E-state index in [-0.39, 0.29) is 11.7 Å². The molecule has 3 rings (SSSR count). The van der Waals surface area contributed by atoms with E-state index in [4.69, 9.17) is 10.5 Å². The van der Waals surface area contributed by atoms with E-state index in [9.17, 15) is 9.90 Å². The summed E-state index contributed by atoms with van der Waals surface area (Å²) in [6.45, 7) is 3.31. The fourth-order valence-electron chi connectivity index (χ4n) is 3.00. The van der Waals surface area contributed by atoms with E-state index in [0.717, 1.165) is 19.7 Å². The summed E-state index contributed by atoms with van der Waals surface area (Å²) in [6, 6.07) is 1.97. The van der Waals surface area contributed by atoms with Crippen LogP contribution in [0.25, 0.3) is 0 Å². The van der Waals surface area contributed by atoms with Gasteiger partial charge in [0.25, 0.3) is 0 Å². The Labute approximate surface area is 123 Å². The van der Waals surface area contributed by atoms with Crippen LogP contribution in [0.1, 0.15) is 23.2 Å². The Kier molecular flexibility index (Phi) is 3.94. The Hall–Kier alpha value is -1.86. The number of aromatic carboxylic acids is 1. The number of nitrogens with one attached hydrogen (secondary N) is 1. The van der Waals surface area contributed by atoms with Crippen molar-refractivity contribution in [2.75, 3.05) is 37.3 Å². The Balaban J connectivity index is 1.61. The predicted octanol–water partition coefficient (Wildman–Crippen LogP) is 0.637. The number of nitrogens with two attached hydrogens (primary N) is 1. The largest absolute Gasteiger partial charge is 0.478 e. The molecule has 0 saturated carbocycles. The van der Waals surface area contributed by atoms with Gasteiger partial charge in [0.1, 0.15) is 11.4 Å². The Morgan fingerprint density at radius 2 is 2.48 bits per heavy atom. The first-order chi connectivity index (χ1) is 10.1. The van der Waals surface area contributed by atoms with Gasteiger partial charge in [0.15, 0.2) is 0 Å². The van der Waals surface area contributed by atoms with Crippen LogP contribution in [0.5, 0.6) is 0 Å². The van der Waals surface area contributed by atoms with Crippen LogP contribution in [0.4, 0.5) is 11.5 Å². The average Bonchev–Trinajstić information content (AvgIpc) is 2.93. The minimum Gasteiger partial charge on any atom is -0.478 e. The smallest absolute Gasteiger partial charge is 0.339 e. The Morgan fingerprint density at radius 1 is 1.62 bits per heavy atom. The van der Waals surface area contributed by atoms with Crippen LogP contribution in [-0.4, -0.2) is 59.3 Å². The van der Waals surface area contributed by atoms with Gasteiger partial charge in [-0.1, -0.05) is 0 Å². The molecule has 0 amide bonds. The van der Waals surface area contributed by atoms with Gasteiger partial charge in [-0.05, 0) is 25.5 Å². The van der Waals surface area contributed by atoms with Gasteiger partial charge in [-0.15, -0.1) is 0 Å². The maximum absolute atomic E-state index is 11.2. The molecule has 1 aromatic rings. The van der Waals surface area contributed by atoms with Crippen molar-refractivity contribution in [3.8, 4) is 0 Å². The summed E-state index contributed by atoms with van der Waals surface area (Å²) in [7, 11) is 0. The van der Waals surface area contributed by atoms with Crippen molar-refractivity contribution in [3.63, 3.8) is 0 Å². The van der Waals surface area contributed by atoms with Crippen molar-refractivity contribution in [2.24, 2.45) is 0 Å². The second kappa shape index (κ2) is 5.87. The molecule has 3 heterocycles. The number of aromatic nitrogens is 1. The van der Waals surface area contributed by atoms with Gasteiger partial charge in [-0.3, -0.25) is 4.90 Å². The number of pyridine rings is 1. The topological polar surface area (TPSA) is 101 Å². The van der Waals surface area contributed by atoms with Gasteiger partial charge in [0.2, 0.25) is 0 Å². The minimum atomic E-state index is -1.04. The summed E-state index contributed by atoms with van der Waals surface area (Å²) in [6.07, 6.45) is 3.95. The molecule has 2 aliphatic heterocycles. The van der Waals surface area contributed by atoms with Crippen molar-refractivity contribution < 1.29 is 14.6 Å². The fourth-order valence-corrected chi connectivity index (χ4v) is 3.00. The number of carboxylic acids is 1. The molecule has 21 heavy (non-hydrogen) atoms. The number of nitrogens with zero attached hydrogens (tertiary/aromatic N) is 2. The normalized spacial score (nSPS) is 25.5. The lowest BCUT2D eigenvalue weighted by molar-refractivity contribution is -0.0416. The molecule has 2 atom stereocenters. The van der Waals surface area contributed by atoms with Crippen molar-refractivity contribution >= 4 is 17.5 Å². The molecule has 4 N–H and O–H groups in total. The van der Waals surface area contributed by atoms with Crippen LogP contribution in [0.2, 0.25) is 0 Å². The number of fused-ring (bicyclic) bond motifs is 1. The first-order valence-corrected chi connectivity index (χ1v) is 7.22. The molecule has 0 bridgehead atoms. The molecule has 0 radical (unpaired) electrons. The zero-order valence-electron chi connectivity index (χ0n) is 11.8. The summed E-state index contributed by atoms with van der Waals surface area (Å²) in [4.78, 5) is 17.7. The molecule has 0 spiro atoms. The number of carbonyl (C=O) groups is 1. The summed E-state index contributed by atoms with van der Waals surface area (Å²) in [5.74, 6) is -0.703. The highest BCUT2D eigenvalue weighted by atomic mass is 16.5. The van der Waals surface area contributed by atoms with E-state index in [2.05, 4.69) is 15.2 Å². The van der Waals surface area contributed by atoms with Gasteiger partial charge in [0, 0.05) is 19.1 Å². The average molecular weight is 292 g/mol. The van der Waals surface area contributed by atoms with Gasteiger partial charge in [-0.2, -0.15) is 0 Å². The summed E-state index contributed by atoms with van der Waals surface area (Å²) in [5.41, 5.74) is 6.01. The molecule has 7 heteroatoms. The van der Waals surface area contributed by atoms with Crippen LogP contribution >= 0.6 is 0 Å². The first kappa shape index (κ1) is 14.1. The Morgan fingerprint density at radius 3 is 3.29 bits per heavy atom. The quantitative estimate of drug-likeness (QED) is 0.748. The number of hydrogen-bond donors (Lipinski definition) is 3. The number of anilines is 2. The molecule has 2 unspecified atom stereocenters. The zero-order valence-corrected chi connectivity index (χ0v) is 11.8. The van der Waals surface area contributed by atoms with Gasteiger partial charge in [0.05, 0.1) is 24.6 Å². The minimum absolute atomic E-state index is 0.0559. The molecule has 2 aliphatic rings. The molecule has 114 valence electrons. The summed E-state index contributed by atoms with van der Waals surface area (Å²) < 4.78 is 5.83. The zero-order chi connectivity index (χ0) is 14.8. The number of carboxylic acid groups (broad SMARTS) is 1. The monoisotopic (exact) mass is 292 g/mol. The van der Waals surface area contributed by atoms with Gasteiger partial charge >= 0.3 is 5.97 Å². The number of ether oxygens (including phenoxy) is 1. The van der Waals surface area contributed by atoms with Crippen molar-refractivity contribution in [1.29, 1.82) is 0 Å². The number of morpholine rings is 1. The Bertz CT molecular complexity index is 537. The van der Waals surface area contributed by atoms with E-state index < -0.39 is 5.97 Å². The van der Waals surface area contributed by atoms with E-state index in [1.54, 1.807) is 0 Å². The lowest BCUT2D eigenvalue weighted by Crippen LogP contribution is -2.48. The van der Waals surface area contributed by atoms with Crippen LogP contribution in [0.3, 0.4) is 0 Å². The molecule has 1 aromatic heterocycles. The third-order valence-electron chi connectivity index (χ3n) is 4.10. The summed E-state index contributed by atoms with van der Waals surface area (Å²) >= 11 is 0. The van der Waals surface area contributed by atoms with Crippen molar-refractivity contribution in [1.82, 2.24) is 9.88 Å². The maximum Gasteiger partial charge on any atom is 0.339 e. The predicted molar refractivity (Wildman–Crippen MR) is 78.4 cm³/mol. The first-order valence-electron chi connectivity index (χ1n) is 7.22. The van der Waals surface area contributed by atoms with Crippen LogP contribution in [0, 0.1) is 0 Å². The fraction of sp³-hybridized carbons (Fsp3) is 0.571. The molecular weight excluding hydrogens is 272 g/mol. The number of nitrogen functional groups attached to an aromatic ring is 1.